The zero-order chi connectivity index (χ0) is 27.3. The van der Waals surface area contributed by atoms with Gasteiger partial charge in [-0.25, -0.2) is 9.97 Å². The Morgan fingerprint density at radius 1 is 1.00 bits per heavy atom. The number of fused-ring (bicyclic) bond motifs is 1. The zero-order valence-electron chi connectivity index (χ0n) is 21.1. The minimum atomic E-state index is -4.84. The first-order valence-corrected chi connectivity index (χ1v) is 12.4. The molecule has 1 aliphatic rings. The topological polar surface area (TPSA) is 69.9 Å². The summed E-state index contributed by atoms with van der Waals surface area (Å²) in [5.41, 5.74) is 2.55. The quantitative estimate of drug-likeness (QED) is 0.220. The molecule has 0 atom stereocenters. The normalized spacial score (nSPS) is 14.2. The van der Waals surface area contributed by atoms with Crippen LogP contribution in [0.4, 0.5) is 17.6 Å². The highest BCUT2D eigenvalue weighted by atomic mass is 19.4. The van der Waals surface area contributed by atoms with Crippen LogP contribution in [0.3, 0.4) is 0 Å². The third kappa shape index (κ3) is 6.93. The van der Waals surface area contributed by atoms with Gasteiger partial charge in [0.1, 0.15) is 11.3 Å². The molecule has 0 unspecified atom stereocenters. The van der Waals surface area contributed by atoms with Crippen molar-refractivity contribution in [3.8, 4) is 5.75 Å². The number of halogens is 4. The van der Waals surface area contributed by atoms with E-state index in [1.54, 1.807) is 6.07 Å². The SMILES string of the molecule is Cc1ccc2cc(C3CCCCC3)c(=O)n(Cc3ncccc3OC(F)(F)F)c2n1.Cc1ccnc(F)c1. The van der Waals surface area contributed by atoms with Crippen LogP contribution >= 0.6 is 0 Å². The summed E-state index contributed by atoms with van der Waals surface area (Å²) >= 11 is 0. The molecule has 10 heteroatoms. The Bertz CT molecular complexity index is 1450. The van der Waals surface area contributed by atoms with Crippen molar-refractivity contribution in [1.29, 1.82) is 0 Å². The average molecular weight is 529 g/mol. The molecule has 0 amide bonds. The molecule has 4 aromatic rings. The minimum absolute atomic E-state index is 0.0299. The van der Waals surface area contributed by atoms with Gasteiger partial charge >= 0.3 is 6.36 Å². The highest BCUT2D eigenvalue weighted by molar-refractivity contribution is 5.76. The van der Waals surface area contributed by atoms with Gasteiger partial charge in [-0.15, -0.1) is 13.2 Å². The summed E-state index contributed by atoms with van der Waals surface area (Å²) < 4.78 is 56.1. The molecule has 0 radical (unpaired) electrons. The van der Waals surface area contributed by atoms with E-state index in [1.807, 2.05) is 32.0 Å². The summed E-state index contributed by atoms with van der Waals surface area (Å²) in [6.07, 6.45) is 3.16. The molecule has 0 spiro atoms. The maximum absolute atomic E-state index is 13.4. The summed E-state index contributed by atoms with van der Waals surface area (Å²) in [4.78, 5) is 25.4. The number of rotatable bonds is 4. The van der Waals surface area contributed by atoms with E-state index < -0.39 is 18.1 Å². The second-order valence-electron chi connectivity index (χ2n) is 9.34. The van der Waals surface area contributed by atoms with Crippen molar-refractivity contribution in [3.63, 3.8) is 0 Å². The molecule has 5 rings (SSSR count). The van der Waals surface area contributed by atoms with Gasteiger partial charge in [-0.2, -0.15) is 4.39 Å². The van der Waals surface area contributed by atoms with E-state index >= 15 is 0 Å². The molecular weight excluding hydrogens is 500 g/mol. The van der Waals surface area contributed by atoms with Gasteiger partial charge in [-0.05, 0) is 80.6 Å². The lowest BCUT2D eigenvalue weighted by Gasteiger charge is -2.23. The van der Waals surface area contributed by atoms with Crippen molar-refractivity contribution < 1.29 is 22.3 Å². The van der Waals surface area contributed by atoms with Crippen LogP contribution in [0.2, 0.25) is 0 Å². The highest BCUT2D eigenvalue weighted by Crippen LogP contribution is 2.32. The fourth-order valence-electron chi connectivity index (χ4n) is 4.63. The number of nitrogens with zero attached hydrogens (tertiary/aromatic N) is 4. The number of pyridine rings is 4. The lowest BCUT2D eigenvalue weighted by molar-refractivity contribution is -0.275. The maximum atomic E-state index is 13.4. The monoisotopic (exact) mass is 528 g/mol. The average Bonchev–Trinajstić information content (AvgIpc) is 2.87. The molecule has 1 aliphatic carbocycles. The predicted octanol–water partition coefficient (Wildman–Crippen LogP) is 6.62. The molecule has 200 valence electrons. The van der Waals surface area contributed by atoms with E-state index in [1.165, 1.54) is 35.2 Å². The fourth-order valence-corrected chi connectivity index (χ4v) is 4.63. The van der Waals surface area contributed by atoms with Gasteiger partial charge in [0.25, 0.3) is 5.56 Å². The van der Waals surface area contributed by atoms with E-state index in [0.29, 0.717) is 16.9 Å². The molecular formula is C28H28F4N4O2. The Morgan fingerprint density at radius 3 is 2.42 bits per heavy atom. The van der Waals surface area contributed by atoms with E-state index in [9.17, 15) is 22.4 Å². The predicted molar refractivity (Wildman–Crippen MR) is 136 cm³/mol. The van der Waals surface area contributed by atoms with Crippen LogP contribution < -0.4 is 10.3 Å². The highest BCUT2D eigenvalue weighted by Gasteiger charge is 2.32. The fraction of sp³-hybridized carbons (Fsp3) is 0.357. The number of hydrogen-bond donors (Lipinski definition) is 0. The van der Waals surface area contributed by atoms with Crippen molar-refractivity contribution in [2.75, 3.05) is 0 Å². The van der Waals surface area contributed by atoms with Crippen molar-refractivity contribution in [1.82, 2.24) is 19.5 Å². The summed E-state index contributed by atoms with van der Waals surface area (Å²) in [5.74, 6) is -0.677. The lowest BCUT2D eigenvalue weighted by Crippen LogP contribution is -2.28. The van der Waals surface area contributed by atoms with Gasteiger partial charge in [0.15, 0.2) is 5.75 Å². The molecule has 4 aromatic heterocycles. The number of alkyl halides is 3. The molecule has 1 saturated carbocycles. The summed E-state index contributed by atoms with van der Waals surface area (Å²) in [5, 5.41) is 0.787. The molecule has 0 N–H and O–H groups in total. The largest absolute Gasteiger partial charge is 0.573 e. The number of aryl methyl sites for hydroxylation is 2. The van der Waals surface area contributed by atoms with Gasteiger partial charge in [-0.3, -0.25) is 14.3 Å². The standard InChI is InChI=1S/C22H22F3N3O2.C6H6FN/c1-14-9-10-16-12-17(15-6-3-2-4-7-15)21(29)28(20(16)27-14)13-18-19(8-5-11-26-18)30-22(23,24)25;1-5-2-3-8-6(7)4-5/h5,8-12,15H,2-4,6-7,13H2,1H3;2-4H,1H3. The van der Waals surface area contributed by atoms with Crippen molar-refractivity contribution >= 4 is 11.0 Å². The van der Waals surface area contributed by atoms with Crippen molar-refractivity contribution in [3.05, 3.63) is 93.7 Å². The van der Waals surface area contributed by atoms with Gasteiger partial charge in [0.05, 0.1) is 6.54 Å². The minimum Gasteiger partial charge on any atom is -0.404 e. The van der Waals surface area contributed by atoms with Crippen LogP contribution in [0.5, 0.6) is 5.75 Å². The van der Waals surface area contributed by atoms with Gasteiger partial charge in [0, 0.05) is 29.0 Å². The Hall–Kier alpha value is -3.82. The first-order chi connectivity index (χ1) is 18.1. The number of ether oxygens (including phenoxy) is 1. The van der Waals surface area contributed by atoms with Crippen LogP contribution in [0.15, 0.2) is 59.7 Å². The van der Waals surface area contributed by atoms with Crippen LogP contribution in [-0.4, -0.2) is 25.9 Å². The van der Waals surface area contributed by atoms with Crippen molar-refractivity contribution in [2.45, 2.75) is 64.8 Å². The van der Waals surface area contributed by atoms with Gasteiger partial charge < -0.3 is 4.74 Å². The third-order valence-electron chi connectivity index (χ3n) is 6.41. The summed E-state index contributed by atoms with van der Waals surface area (Å²) in [6, 6.07) is 11.4. The van der Waals surface area contributed by atoms with E-state index in [-0.39, 0.29) is 23.7 Å². The lowest BCUT2D eigenvalue weighted by atomic mass is 9.84. The first kappa shape index (κ1) is 27.2. The zero-order valence-corrected chi connectivity index (χ0v) is 21.1. The van der Waals surface area contributed by atoms with Crippen molar-refractivity contribution in [2.24, 2.45) is 0 Å². The Labute approximate surface area is 217 Å². The molecule has 6 nitrogen and oxygen atoms in total. The number of aromatic nitrogens is 4. The second kappa shape index (κ2) is 11.7. The number of hydrogen-bond acceptors (Lipinski definition) is 5. The van der Waals surface area contributed by atoms with Crippen LogP contribution in [0.25, 0.3) is 11.0 Å². The van der Waals surface area contributed by atoms with Crippen LogP contribution in [0.1, 0.15) is 60.5 Å². The Balaban J connectivity index is 0.000000360. The molecule has 4 heterocycles. The van der Waals surface area contributed by atoms with E-state index in [2.05, 4.69) is 19.7 Å². The van der Waals surface area contributed by atoms with Crippen LogP contribution in [0, 0.1) is 19.8 Å². The molecule has 1 fully saturated rings. The molecule has 0 saturated heterocycles. The summed E-state index contributed by atoms with van der Waals surface area (Å²) in [7, 11) is 0. The molecule has 38 heavy (non-hydrogen) atoms. The van der Waals surface area contributed by atoms with Gasteiger partial charge in [0.2, 0.25) is 5.95 Å². The molecule has 0 bridgehead atoms. The van der Waals surface area contributed by atoms with Crippen LogP contribution in [-0.2, 0) is 6.54 Å². The smallest absolute Gasteiger partial charge is 0.404 e. The second-order valence-corrected chi connectivity index (χ2v) is 9.34. The first-order valence-electron chi connectivity index (χ1n) is 12.4. The Morgan fingerprint density at radius 2 is 1.76 bits per heavy atom. The van der Waals surface area contributed by atoms with E-state index in [4.69, 9.17) is 0 Å². The third-order valence-corrected chi connectivity index (χ3v) is 6.41. The van der Waals surface area contributed by atoms with E-state index in [0.717, 1.165) is 43.1 Å². The van der Waals surface area contributed by atoms with Gasteiger partial charge in [-0.1, -0.05) is 19.3 Å². The summed E-state index contributed by atoms with van der Waals surface area (Å²) in [6.45, 7) is 3.48. The maximum Gasteiger partial charge on any atom is 0.573 e. The molecule has 0 aliphatic heterocycles. The Kier molecular flexibility index (Phi) is 8.38. The molecule has 0 aromatic carbocycles.